The van der Waals surface area contributed by atoms with E-state index in [1.165, 1.54) is 0 Å². The molecular weight excluding hydrogens is 392 g/mol. The number of fused-ring (bicyclic) bond motifs is 1. The molecule has 3 saturated heterocycles. The summed E-state index contributed by atoms with van der Waals surface area (Å²) >= 11 is 0. The van der Waals surface area contributed by atoms with E-state index in [9.17, 15) is 9.90 Å². The molecule has 3 aliphatic rings. The van der Waals surface area contributed by atoms with E-state index in [-0.39, 0.29) is 17.4 Å². The monoisotopic (exact) mass is 426 g/mol. The molecule has 7 nitrogen and oxygen atoms in total. The number of nitrogens with one attached hydrogen (secondary N) is 1. The highest BCUT2D eigenvalue weighted by Gasteiger charge is 2.43. The molecule has 1 aromatic carbocycles. The number of aromatic nitrogens is 2. The van der Waals surface area contributed by atoms with Gasteiger partial charge >= 0.3 is 0 Å². The number of aliphatic hydroxyl groups excluding tert-OH is 1. The Hall–Kier alpha value is -1.96. The quantitative estimate of drug-likeness (QED) is 0.784. The molecule has 2 aromatic rings. The minimum atomic E-state index is -0.257. The van der Waals surface area contributed by atoms with Crippen LogP contribution >= 0.6 is 0 Å². The Morgan fingerprint density at radius 2 is 2.00 bits per heavy atom. The van der Waals surface area contributed by atoms with Crippen LogP contribution in [-0.4, -0.2) is 82.3 Å². The van der Waals surface area contributed by atoms with Crippen LogP contribution in [0.2, 0.25) is 0 Å². The highest BCUT2D eigenvalue weighted by molar-refractivity contribution is 5.77. The van der Waals surface area contributed by atoms with Crippen LogP contribution in [0.15, 0.2) is 24.3 Å². The van der Waals surface area contributed by atoms with Crippen molar-refractivity contribution >= 4 is 16.9 Å². The third-order valence-corrected chi connectivity index (χ3v) is 7.55. The number of para-hydroxylation sites is 2. The van der Waals surface area contributed by atoms with Gasteiger partial charge in [-0.15, -0.1) is 0 Å². The van der Waals surface area contributed by atoms with Gasteiger partial charge in [0.15, 0.2) is 0 Å². The maximum Gasteiger partial charge on any atom is 0.223 e. The number of aliphatic hydroxyl groups is 1. The fourth-order valence-electron chi connectivity index (χ4n) is 5.82. The van der Waals surface area contributed by atoms with E-state index in [4.69, 9.17) is 4.74 Å². The first-order valence-electron chi connectivity index (χ1n) is 11.8. The molecule has 7 heteroatoms. The molecule has 1 unspecified atom stereocenters. The summed E-state index contributed by atoms with van der Waals surface area (Å²) in [5.41, 5.74) is 2.12. The summed E-state index contributed by atoms with van der Waals surface area (Å²) in [7, 11) is 0. The first-order valence-corrected chi connectivity index (χ1v) is 11.8. The molecular formula is C24H34N4O3. The molecule has 0 saturated carbocycles. The third-order valence-electron chi connectivity index (χ3n) is 7.55. The summed E-state index contributed by atoms with van der Waals surface area (Å²) < 4.78 is 5.53. The Morgan fingerprint density at radius 3 is 2.77 bits per heavy atom. The Kier molecular flexibility index (Phi) is 5.99. The lowest BCUT2D eigenvalue weighted by molar-refractivity contribution is -0.135. The molecule has 1 atom stereocenters. The van der Waals surface area contributed by atoms with Crippen molar-refractivity contribution in [3.05, 3.63) is 30.1 Å². The van der Waals surface area contributed by atoms with Crippen molar-refractivity contribution < 1.29 is 14.6 Å². The van der Waals surface area contributed by atoms with Crippen LogP contribution in [0.1, 0.15) is 44.3 Å². The van der Waals surface area contributed by atoms with Gasteiger partial charge in [-0.25, -0.2) is 4.98 Å². The van der Waals surface area contributed by atoms with Crippen LogP contribution in [-0.2, 0) is 16.0 Å². The van der Waals surface area contributed by atoms with Crippen LogP contribution in [0.5, 0.6) is 0 Å². The van der Waals surface area contributed by atoms with Crippen molar-refractivity contribution in [1.82, 2.24) is 19.8 Å². The average molecular weight is 427 g/mol. The van der Waals surface area contributed by atoms with Gasteiger partial charge in [0.1, 0.15) is 5.82 Å². The van der Waals surface area contributed by atoms with Crippen molar-refractivity contribution in [3.63, 3.8) is 0 Å². The zero-order valence-corrected chi connectivity index (χ0v) is 18.3. The van der Waals surface area contributed by atoms with Gasteiger partial charge in [0.05, 0.1) is 17.1 Å². The molecule has 0 radical (unpaired) electrons. The number of likely N-dealkylation sites (tertiary alicyclic amines) is 2. The maximum absolute atomic E-state index is 12.8. The second kappa shape index (κ2) is 8.88. The number of carbonyl (C=O) groups excluding carboxylic acids is 1. The highest BCUT2D eigenvalue weighted by atomic mass is 16.5. The Labute approximate surface area is 183 Å². The van der Waals surface area contributed by atoms with E-state index in [0.717, 1.165) is 88.4 Å². The molecule has 3 fully saturated rings. The SMILES string of the molecule is O=C(CCc1nc2ccccc2[nH]1)N1CCC2(CC1)CC(O)CN(C1CCOCC1)C2. The predicted molar refractivity (Wildman–Crippen MR) is 119 cm³/mol. The number of imidazole rings is 1. The number of hydrogen-bond donors (Lipinski definition) is 2. The number of amides is 1. The Balaban J connectivity index is 1.15. The second-order valence-corrected chi connectivity index (χ2v) is 9.71. The highest BCUT2D eigenvalue weighted by Crippen LogP contribution is 2.41. The lowest BCUT2D eigenvalue weighted by Gasteiger charge is -2.51. The molecule has 2 N–H and O–H groups in total. The number of carbonyl (C=O) groups is 1. The van der Waals surface area contributed by atoms with E-state index < -0.39 is 0 Å². The zero-order valence-electron chi connectivity index (χ0n) is 18.3. The van der Waals surface area contributed by atoms with E-state index in [1.54, 1.807) is 0 Å². The number of hydrogen-bond acceptors (Lipinski definition) is 5. The van der Waals surface area contributed by atoms with Crippen LogP contribution in [0, 0.1) is 5.41 Å². The largest absolute Gasteiger partial charge is 0.392 e. The summed E-state index contributed by atoms with van der Waals surface area (Å²) in [6.07, 6.45) is 5.85. The fraction of sp³-hybridized carbons (Fsp3) is 0.667. The van der Waals surface area contributed by atoms with E-state index in [0.29, 0.717) is 18.9 Å². The summed E-state index contributed by atoms with van der Waals surface area (Å²) in [6.45, 7) is 5.10. The fourth-order valence-corrected chi connectivity index (χ4v) is 5.82. The molecule has 1 spiro atoms. The third kappa shape index (κ3) is 4.64. The lowest BCUT2D eigenvalue weighted by Crippen LogP contribution is -2.57. The minimum absolute atomic E-state index is 0.144. The van der Waals surface area contributed by atoms with Gasteiger partial charge in [-0.2, -0.15) is 0 Å². The van der Waals surface area contributed by atoms with Gasteiger partial charge in [-0.3, -0.25) is 9.69 Å². The Bertz CT molecular complexity index is 866. The van der Waals surface area contributed by atoms with Gasteiger partial charge in [0.25, 0.3) is 0 Å². The molecule has 0 bridgehead atoms. The summed E-state index contributed by atoms with van der Waals surface area (Å²) in [5.74, 6) is 1.10. The average Bonchev–Trinajstić information content (AvgIpc) is 3.21. The number of aryl methyl sites for hydroxylation is 1. The zero-order chi connectivity index (χ0) is 21.3. The van der Waals surface area contributed by atoms with Gasteiger partial charge in [0, 0.05) is 58.3 Å². The van der Waals surface area contributed by atoms with Gasteiger partial charge in [-0.05, 0) is 49.7 Å². The van der Waals surface area contributed by atoms with E-state index in [1.807, 2.05) is 29.2 Å². The maximum atomic E-state index is 12.8. The van der Waals surface area contributed by atoms with Crippen LogP contribution in [0.3, 0.4) is 0 Å². The van der Waals surface area contributed by atoms with Crippen molar-refractivity contribution in [2.45, 2.75) is 57.1 Å². The number of aromatic amines is 1. The van der Waals surface area contributed by atoms with Gasteiger partial charge in [0.2, 0.25) is 5.91 Å². The van der Waals surface area contributed by atoms with Crippen molar-refractivity contribution in [1.29, 1.82) is 0 Å². The van der Waals surface area contributed by atoms with Crippen molar-refractivity contribution in [3.8, 4) is 0 Å². The number of nitrogens with zero attached hydrogens (tertiary/aromatic N) is 3. The summed E-state index contributed by atoms with van der Waals surface area (Å²) in [4.78, 5) is 25.3. The number of benzene rings is 1. The molecule has 168 valence electrons. The summed E-state index contributed by atoms with van der Waals surface area (Å²) in [6, 6.07) is 8.50. The van der Waals surface area contributed by atoms with Gasteiger partial charge in [-0.1, -0.05) is 12.1 Å². The second-order valence-electron chi connectivity index (χ2n) is 9.71. The Morgan fingerprint density at radius 1 is 1.23 bits per heavy atom. The van der Waals surface area contributed by atoms with Gasteiger partial charge < -0.3 is 19.7 Å². The minimum Gasteiger partial charge on any atom is -0.392 e. The first-order chi connectivity index (χ1) is 15.1. The molecule has 5 rings (SSSR count). The predicted octanol–water partition coefficient (Wildman–Crippen LogP) is 2.35. The van der Waals surface area contributed by atoms with Crippen LogP contribution in [0.4, 0.5) is 0 Å². The van der Waals surface area contributed by atoms with Crippen LogP contribution < -0.4 is 0 Å². The molecule has 1 aromatic heterocycles. The number of β-amino-alcohol motifs (C(OH)–C–C–N with tert-alkyl or cyclic N) is 1. The number of ether oxygens (including phenoxy) is 1. The van der Waals surface area contributed by atoms with Crippen molar-refractivity contribution in [2.75, 3.05) is 39.4 Å². The lowest BCUT2D eigenvalue weighted by atomic mass is 9.71. The smallest absolute Gasteiger partial charge is 0.223 e. The molecule has 3 aliphatic heterocycles. The standard InChI is InChI=1S/C24H34N4O3/c29-19-15-24(17-28(16-19)18-7-13-31-14-8-18)9-11-27(12-10-24)23(30)6-5-22-25-20-3-1-2-4-21(20)26-22/h1-4,18-19,29H,5-17H2,(H,25,26). The number of rotatable bonds is 4. The first kappa shape index (κ1) is 20.9. The topological polar surface area (TPSA) is 81.7 Å². The number of H-pyrrole nitrogens is 1. The van der Waals surface area contributed by atoms with E-state index >= 15 is 0 Å². The summed E-state index contributed by atoms with van der Waals surface area (Å²) in [5, 5.41) is 10.6. The normalized spacial score (nSPS) is 25.3. The molecule has 31 heavy (non-hydrogen) atoms. The van der Waals surface area contributed by atoms with Crippen LogP contribution in [0.25, 0.3) is 11.0 Å². The molecule has 0 aliphatic carbocycles. The number of piperidine rings is 2. The van der Waals surface area contributed by atoms with E-state index in [2.05, 4.69) is 14.9 Å². The van der Waals surface area contributed by atoms with Crippen molar-refractivity contribution in [2.24, 2.45) is 5.41 Å². The molecule has 4 heterocycles. The molecule has 1 amide bonds.